The van der Waals surface area contributed by atoms with Gasteiger partial charge in [0.15, 0.2) is 0 Å². The van der Waals surface area contributed by atoms with E-state index in [4.69, 9.17) is 9.15 Å². The zero-order chi connectivity index (χ0) is 14.4. The SMILES string of the molecule is CCCOc1nc(NC)nc(NC(C)c2ccco2)n1. The highest BCUT2D eigenvalue weighted by atomic mass is 16.5. The molecule has 2 aromatic rings. The van der Waals surface area contributed by atoms with E-state index in [1.807, 2.05) is 26.0 Å². The molecule has 20 heavy (non-hydrogen) atoms. The minimum absolute atomic E-state index is 0.0452. The van der Waals surface area contributed by atoms with Crippen molar-refractivity contribution in [1.29, 1.82) is 0 Å². The number of hydrogen-bond acceptors (Lipinski definition) is 7. The molecule has 0 aliphatic carbocycles. The van der Waals surface area contributed by atoms with E-state index < -0.39 is 0 Å². The first kappa shape index (κ1) is 14.1. The van der Waals surface area contributed by atoms with Gasteiger partial charge >= 0.3 is 6.01 Å². The molecule has 2 N–H and O–H groups in total. The number of nitrogens with zero attached hydrogens (tertiary/aromatic N) is 3. The normalized spacial score (nSPS) is 11.9. The van der Waals surface area contributed by atoms with E-state index in [9.17, 15) is 0 Å². The number of rotatable bonds is 7. The van der Waals surface area contributed by atoms with Gasteiger partial charge in [0.2, 0.25) is 11.9 Å². The smallest absolute Gasteiger partial charge is 0.323 e. The molecule has 0 bridgehead atoms. The Kier molecular flexibility index (Phi) is 4.75. The van der Waals surface area contributed by atoms with Crippen molar-refractivity contribution in [1.82, 2.24) is 15.0 Å². The van der Waals surface area contributed by atoms with Crippen LogP contribution in [0.3, 0.4) is 0 Å². The molecule has 2 aromatic heterocycles. The summed E-state index contributed by atoms with van der Waals surface area (Å²) in [4.78, 5) is 12.6. The topological polar surface area (TPSA) is 85.1 Å². The van der Waals surface area contributed by atoms with Crippen LogP contribution in [0.1, 0.15) is 32.1 Å². The molecule has 7 heteroatoms. The van der Waals surface area contributed by atoms with Crippen LogP contribution >= 0.6 is 0 Å². The second kappa shape index (κ2) is 6.74. The summed E-state index contributed by atoms with van der Waals surface area (Å²) in [5.74, 6) is 1.71. The zero-order valence-corrected chi connectivity index (χ0v) is 11.9. The van der Waals surface area contributed by atoms with Gasteiger partial charge in [0.05, 0.1) is 18.9 Å². The highest BCUT2D eigenvalue weighted by molar-refractivity contribution is 5.36. The van der Waals surface area contributed by atoms with Gasteiger partial charge in [0.25, 0.3) is 0 Å². The summed E-state index contributed by atoms with van der Waals surface area (Å²) >= 11 is 0. The molecule has 108 valence electrons. The van der Waals surface area contributed by atoms with E-state index in [-0.39, 0.29) is 6.04 Å². The van der Waals surface area contributed by atoms with Crippen molar-refractivity contribution in [2.45, 2.75) is 26.3 Å². The van der Waals surface area contributed by atoms with Crippen LogP contribution < -0.4 is 15.4 Å². The maximum atomic E-state index is 5.44. The highest BCUT2D eigenvalue weighted by Gasteiger charge is 2.12. The summed E-state index contributed by atoms with van der Waals surface area (Å²) in [6.45, 7) is 4.56. The molecule has 0 spiro atoms. The molecule has 2 rings (SSSR count). The van der Waals surface area contributed by atoms with Crippen molar-refractivity contribution in [2.75, 3.05) is 24.3 Å². The highest BCUT2D eigenvalue weighted by Crippen LogP contribution is 2.19. The van der Waals surface area contributed by atoms with E-state index in [1.54, 1.807) is 13.3 Å². The molecule has 0 saturated carbocycles. The number of furan rings is 1. The molecule has 1 unspecified atom stereocenters. The van der Waals surface area contributed by atoms with Gasteiger partial charge in [-0.05, 0) is 25.5 Å². The summed E-state index contributed by atoms with van der Waals surface area (Å²) < 4.78 is 10.8. The third-order valence-corrected chi connectivity index (χ3v) is 2.59. The second-order valence-electron chi connectivity index (χ2n) is 4.25. The zero-order valence-electron chi connectivity index (χ0n) is 11.9. The van der Waals surface area contributed by atoms with Crippen molar-refractivity contribution in [3.63, 3.8) is 0 Å². The maximum Gasteiger partial charge on any atom is 0.323 e. The standard InChI is InChI=1S/C13H19N5O2/c1-4-7-20-13-17-11(14-3)16-12(18-13)15-9(2)10-6-5-8-19-10/h5-6,8-9H,4,7H2,1-3H3,(H2,14,15,16,17,18). The fraction of sp³-hybridized carbons (Fsp3) is 0.462. The van der Waals surface area contributed by atoms with Crippen LogP contribution in [0.4, 0.5) is 11.9 Å². The Morgan fingerprint density at radius 3 is 2.75 bits per heavy atom. The lowest BCUT2D eigenvalue weighted by Crippen LogP contribution is -2.12. The molecule has 0 amide bonds. The average Bonchev–Trinajstić information content (AvgIpc) is 2.99. The molecular formula is C13H19N5O2. The largest absolute Gasteiger partial charge is 0.467 e. The Labute approximate surface area is 117 Å². The monoisotopic (exact) mass is 277 g/mol. The van der Waals surface area contributed by atoms with Gasteiger partial charge in [-0.3, -0.25) is 0 Å². The van der Waals surface area contributed by atoms with Crippen LogP contribution in [-0.4, -0.2) is 28.6 Å². The van der Waals surface area contributed by atoms with Gasteiger partial charge in [-0.2, -0.15) is 15.0 Å². The van der Waals surface area contributed by atoms with Crippen LogP contribution in [0.15, 0.2) is 22.8 Å². The first-order chi connectivity index (χ1) is 9.72. The van der Waals surface area contributed by atoms with Gasteiger partial charge in [0.1, 0.15) is 5.76 Å². The Morgan fingerprint density at radius 2 is 2.10 bits per heavy atom. The molecule has 7 nitrogen and oxygen atoms in total. The van der Waals surface area contributed by atoms with Crippen molar-refractivity contribution < 1.29 is 9.15 Å². The Morgan fingerprint density at radius 1 is 1.30 bits per heavy atom. The third-order valence-electron chi connectivity index (χ3n) is 2.59. The van der Waals surface area contributed by atoms with Crippen molar-refractivity contribution in [2.24, 2.45) is 0 Å². The summed E-state index contributed by atoms with van der Waals surface area (Å²) in [6, 6.07) is 4.00. The molecule has 0 aliphatic rings. The van der Waals surface area contributed by atoms with Gasteiger partial charge in [-0.1, -0.05) is 6.92 Å². The number of hydrogen-bond donors (Lipinski definition) is 2. The predicted molar refractivity (Wildman–Crippen MR) is 75.9 cm³/mol. The summed E-state index contributed by atoms with van der Waals surface area (Å²) in [5.41, 5.74) is 0. The summed E-state index contributed by atoms with van der Waals surface area (Å²) in [6.07, 6.45) is 2.53. The Hall–Kier alpha value is -2.31. The van der Waals surface area contributed by atoms with E-state index in [0.717, 1.165) is 12.2 Å². The van der Waals surface area contributed by atoms with Gasteiger partial charge < -0.3 is 19.8 Å². The van der Waals surface area contributed by atoms with E-state index in [1.165, 1.54) is 0 Å². The fourth-order valence-corrected chi connectivity index (χ4v) is 1.59. The lowest BCUT2D eigenvalue weighted by atomic mass is 10.2. The number of aromatic nitrogens is 3. The predicted octanol–water partition coefficient (Wildman–Crippen LogP) is 2.47. The van der Waals surface area contributed by atoms with Crippen LogP contribution in [0, 0.1) is 0 Å². The molecule has 0 fully saturated rings. The first-order valence-electron chi connectivity index (χ1n) is 6.59. The first-order valence-corrected chi connectivity index (χ1v) is 6.59. The molecule has 0 radical (unpaired) electrons. The summed E-state index contributed by atoms with van der Waals surface area (Å²) in [5, 5.41) is 6.05. The van der Waals surface area contributed by atoms with E-state index in [2.05, 4.69) is 25.6 Å². The maximum absolute atomic E-state index is 5.44. The van der Waals surface area contributed by atoms with Crippen molar-refractivity contribution in [3.05, 3.63) is 24.2 Å². The average molecular weight is 277 g/mol. The Balaban J connectivity index is 2.13. The van der Waals surface area contributed by atoms with E-state index in [0.29, 0.717) is 24.5 Å². The number of anilines is 2. The molecule has 2 heterocycles. The lowest BCUT2D eigenvalue weighted by Gasteiger charge is -2.12. The minimum Gasteiger partial charge on any atom is -0.467 e. The van der Waals surface area contributed by atoms with Crippen LogP contribution in [0.25, 0.3) is 0 Å². The molecule has 1 atom stereocenters. The van der Waals surface area contributed by atoms with Crippen LogP contribution in [0.2, 0.25) is 0 Å². The van der Waals surface area contributed by atoms with Crippen LogP contribution in [0.5, 0.6) is 6.01 Å². The second-order valence-corrected chi connectivity index (χ2v) is 4.25. The lowest BCUT2D eigenvalue weighted by molar-refractivity contribution is 0.292. The van der Waals surface area contributed by atoms with Crippen molar-refractivity contribution >= 4 is 11.9 Å². The molecule has 0 aliphatic heterocycles. The quantitative estimate of drug-likeness (QED) is 0.804. The molecule has 0 saturated heterocycles. The molecular weight excluding hydrogens is 258 g/mol. The number of ether oxygens (including phenoxy) is 1. The third kappa shape index (κ3) is 3.59. The van der Waals surface area contributed by atoms with Gasteiger partial charge in [0, 0.05) is 7.05 Å². The minimum atomic E-state index is -0.0452. The van der Waals surface area contributed by atoms with Crippen molar-refractivity contribution in [3.8, 4) is 6.01 Å². The molecule has 0 aromatic carbocycles. The fourth-order valence-electron chi connectivity index (χ4n) is 1.59. The Bertz CT molecular complexity index is 530. The van der Waals surface area contributed by atoms with Gasteiger partial charge in [-0.15, -0.1) is 0 Å². The summed E-state index contributed by atoms with van der Waals surface area (Å²) in [7, 11) is 1.75. The van der Waals surface area contributed by atoms with E-state index >= 15 is 0 Å². The van der Waals surface area contributed by atoms with Gasteiger partial charge in [-0.25, -0.2) is 0 Å². The number of nitrogens with one attached hydrogen (secondary N) is 2. The van der Waals surface area contributed by atoms with Crippen LogP contribution in [-0.2, 0) is 0 Å².